The van der Waals surface area contributed by atoms with Gasteiger partial charge >= 0.3 is 0 Å². The predicted octanol–water partition coefficient (Wildman–Crippen LogP) is 6.29. The molecule has 0 radical (unpaired) electrons. The van der Waals surface area contributed by atoms with Gasteiger partial charge in [0.15, 0.2) is 0 Å². The summed E-state index contributed by atoms with van der Waals surface area (Å²) in [5.74, 6) is 2.45. The number of nitrogens with zero attached hydrogens (tertiary/aromatic N) is 2. The Bertz CT molecular complexity index is 810. The van der Waals surface area contributed by atoms with Crippen molar-refractivity contribution in [2.45, 2.75) is 31.0 Å². The molecule has 0 saturated carbocycles. The van der Waals surface area contributed by atoms with Gasteiger partial charge in [0, 0.05) is 21.5 Å². The van der Waals surface area contributed by atoms with Crippen LogP contribution in [-0.2, 0) is 12.3 Å². The largest absolute Gasteiger partial charge is 0.327 e. The van der Waals surface area contributed by atoms with Gasteiger partial charge in [0.1, 0.15) is 5.82 Å². The van der Waals surface area contributed by atoms with Crippen molar-refractivity contribution in [2.75, 3.05) is 0 Å². The standard InChI is InChI=1S/C18H18Cl2N2S/c1-12(2)10-22-17-9-14(20)5-8-16(17)21-18(22)11-23-15-6-3-13(19)4-7-15/h3-9,12H,10-11H2,1-2H3. The average Bonchev–Trinajstić information content (AvgIpc) is 2.84. The number of thioether (sulfide) groups is 1. The summed E-state index contributed by atoms with van der Waals surface area (Å²) in [6.45, 7) is 5.37. The van der Waals surface area contributed by atoms with Gasteiger partial charge in [-0.15, -0.1) is 11.8 Å². The molecule has 1 heterocycles. The maximum atomic E-state index is 6.17. The van der Waals surface area contributed by atoms with Gasteiger partial charge in [-0.05, 0) is 48.4 Å². The van der Waals surface area contributed by atoms with E-state index in [1.807, 2.05) is 42.5 Å². The summed E-state index contributed by atoms with van der Waals surface area (Å²) in [6.07, 6.45) is 0. The highest BCUT2D eigenvalue weighted by molar-refractivity contribution is 7.98. The minimum Gasteiger partial charge on any atom is -0.327 e. The molecule has 0 saturated heterocycles. The first kappa shape index (κ1) is 16.7. The summed E-state index contributed by atoms with van der Waals surface area (Å²) in [4.78, 5) is 5.99. The van der Waals surface area contributed by atoms with Crippen LogP contribution in [0.5, 0.6) is 0 Å². The van der Waals surface area contributed by atoms with Gasteiger partial charge in [-0.1, -0.05) is 37.0 Å². The number of fused-ring (bicyclic) bond motifs is 1. The van der Waals surface area contributed by atoms with Crippen LogP contribution in [0.2, 0.25) is 10.0 Å². The minimum absolute atomic E-state index is 0.547. The molecule has 0 aliphatic rings. The Morgan fingerprint density at radius 2 is 1.74 bits per heavy atom. The van der Waals surface area contributed by atoms with Crippen LogP contribution in [0.3, 0.4) is 0 Å². The molecule has 0 unspecified atom stereocenters. The van der Waals surface area contributed by atoms with Crippen LogP contribution in [0.1, 0.15) is 19.7 Å². The van der Waals surface area contributed by atoms with E-state index in [0.29, 0.717) is 5.92 Å². The molecule has 0 bridgehead atoms. The molecule has 0 spiro atoms. The van der Waals surface area contributed by atoms with Crippen molar-refractivity contribution >= 4 is 46.0 Å². The number of benzene rings is 2. The Kier molecular flexibility index (Phi) is 5.20. The van der Waals surface area contributed by atoms with Crippen molar-refractivity contribution in [3.8, 4) is 0 Å². The number of aromatic nitrogens is 2. The van der Waals surface area contributed by atoms with E-state index in [4.69, 9.17) is 28.2 Å². The Balaban J connectivity index is 1.90. The molecule has 0 N–H and O–H groups in total. The smallest absolute Gasteiger partial charge is 0.120 e. The van der Waals surface area contributed by atoms with E-state index >= 15 is 0 Å². The Morgan fingerprint density at radius 1 is 1.04 bits per heavy atom. The second kappa shape index (κ2) is 7.16. The highest BCUT2D eigenvalue weighted by Crippen LogP contribution is 2.28. The van der Waals surface area contributed by atoms with E-state index in [0.717, 1.165) is 39.2 Å². The molecule has 2 aromatic carbocycles. The molecule has 0 fully saturated rings. The van der Waals surface area contributed by atoms with E-state index in [1.54, 1.807) is 11.8 Å². The predicted molar refractivity (Wildman–Crippen MR) is 101 cm³/mol. The first-order valence-electron chi connectivity index (χ1n) is 7.56. The maximum absolute atomic E-state index is 6.17. The molecular formula is C18H18Cl2N2S. The van der Waals surface area contributed by atoms with Gasteiger partial charge in [-0.2, -0.15) is 0 Å². The molecular weight excluding hydrogens is 347 g/mol. The second-order valence-corrected chi connectivity index (χ2v) is 7.83. The van der Waals surface area contributed by atoms with Gasteiger partial charge < -0.3 is 4.57 Å². The first-order chi connectivity index (χ1) is 11.0. The molecule has 3 aromatic rings. The molecule has 1 aromatic heterocycles. The fraction of sp³-hybridized carbons (Fsp3) is 0.278. The van der Waals surface area contributed by atoms with Crippen molar-refractivity contribution in [3.63, 3.8) is 0 Å². The number of rotatable bonds is 5. The third-order valence-electron chi connectivity index (χ3n) is 3.52. The Labute approximate surface area is 150 Å². The maximum Gasteiger partial charge on any atom is 0.120 e. The SMILES string of the molecule is CC(C)Cn1c(CSc2ccc(Cl)cc2)nc2ccc(Cl)cc21. The van der Waals surface area contributed by atoms with Crippen molar-refractivity contribution in [1.29, 1.82) is 0 Å². The van der Waals surface area contributed by atoms with Crippen molar-refractivity contribution in [2.24, 2.45) is 5.92 Å². The molecule has 120 valence electrons. The zero-order chi connectivity index (χ0) is 16.4. The van der Waals surface area contributed by atoms with Crippen LogP contribution in [0.25, 0.3) is 11.0 Å². The monoisotopic (exact) mass is 364 g/mol. The number of halogens is 2. The molecule has 0 atom stereocenters. The third-order valence-corrected chi connectivity index (χ3v) is 5.01. The molecule has 5 heteroatoms. The van der Waals surface area contributed by atoms with Crippen molar-refractivity contribution in [3.05, 3.63) is 58.3 Å². The quantitative estimate of drug-likeness (QED) is 0.495. The Morgan fingerprint density at radius 3 is 2.43 bits per heavy atom. The lowest BCUT2D eigenvalue weighted by Crippen LogP contribution is -2.08. The van der Waals surface area contributed by atoms with E-state index in [2.05, 4.69) is 18.4 Å². The molecule has 0 aliphatic carbocycles. The topological polar surface area (TPSA) is 17.8 Å². The molecule has 23 heavy (non-hydrogen) atoms. The van der Waals surface area contributed by atoms with E-state index in [9.17, 15) is 0 Å². The lowest BCUT2D eigenvalue weighted by Gasteiger charge is -2.12. The van der Waals surface area contributed by atoms with E-state index in [1.165, 1.54) is 4.90 Å². The van der Waals surface area contributed by atoms with Crippen LogP contribution < -0.4 is 0 Å². The van der Waals surface area contributed by atoms with E-state index < -0.39 is 0 Å². The number of imidazole rings is 1. The fourth-order valence-electron chi connectivity index (χ4n) is 2.50. The van der Waals surface area contributed by atoms with Crippen LogP contribution in [-0.4, -0.2) is 9.55 Å². The van der Waals surface area contributed by atoms with Crippen LogP contribution in [0.15, 0.2) is 47.4 Å². The lowest BCUT2D eigenvalue weighted by atomic mass is 10.2. The van der Waals surface area contributed by atoms with Gasteiger partial charge in [-0.3, -0.25) is 0 Å². The summed E-state index contributed by atoms with van der Waals surface area (Å²) in [6, 6.07) is 13.8. The van der Waals surface area contributed by atoms with Gasteiger partial charge in [0.25, 0.3) is 0 Å². The van der Waals surface area contributed by atoms with Crippen LogP contribution in [0, 0.1) is 5.92 Å². The van der Waals surface area contributed by atoms with Crippen molar-refractivity contribution < 1.29 is 0 Å². The highest BCUT2D eigenvalue weighted by Gasteiger charge is 2.12. The molecule has 2 nitrogen and oxygen atoms in total. The normalized spacial score (nSPS) is 11.5. The summed E-state index contributed by atoms with van der Waals surface area (Å²) in [5.41, 5.74) is 2.11. The summed E-state index contributed by atoms with van der Waals surface area (Å²) >= 11 is 13.9. The summed E-state index contributed by atoms with van der Waals surface area (Å²) < 4.78 is 2.29. The lowest BCUT2D eigenvalue weighted by molar-refractivity contribution is 0.523. The van der Waals surface area contributed by atoms with Gasteiger partial charge in [0.05, 0.1) is 16.8 Å². The van der Waals surface area contributed by atoms with Crippen LogP contribution >= 0.6 is 35.0 Å². The third kappa shape index (κ3) is 4.03. The zero-order valence-corrected chi connectivity index (χ0v) is 15.4. The highest BCUT2D eigenvalue weighted by atomic mass is 35.5. The second-order valence-electron chi connectivity index (χ2n) is 5.91. The van der Waals surface area contributed by atoms with E-state index in [-0.39, 0.29) is 0 Å². The van der Waals surface area contributed by atoms with Crippen molar-refractivity contribution in [1.82, 2.24) is 9.55 Å². The molecule has 0 aliphatic heterocycles. The van der Waals surface area contributed by atoms with Gasteiger partial charge in [-0.25, -0.2) is 4.98 Å². The van der Waals surface area contributed by atoms with Gasteiger partial charge in [0.2, 0.25) is 0 Å². The summed E-state index contributed by atoms with van der Waals surface area (Å²) in [5, 5.41) is 1.51. The van der Waals surface area contributed by atoms with Crippen LogP contribution in [0.4, 0.5) is 0 Å². The minimum atomic E-state index is 0.547. The zero-order valence-electron chi connectivity index (χ0n) is 13.1. The fourth-order valence-corrected chi connectivity index (χ4v) is 3.64. The first-order valence-corrected chi connectivity index (χ1v) is 9.30. The summed E-state index contributed by atoms with van der Waals surface area (Å²) in [7, 11) is 0. The number of hydrogen-bond acceptors (Lipinski definition) is 2. The molecule has 0 amide bonds. The average molecular weight is 365 g/mol. The Hall–Kier alpha value is -1.16. The molecule has 3 rings (SSSR count). The number of hydrogen-bond donors (Lipinski definition) is 0.